The number of nitrogens with zero attached hydrogens (tertiary/aromatic N) is 1. The Morgan fingerprint density at radius 2 is 1.96 bits per heavy atom. The third-order valence-corrected chi connectivity index (χ3v) is 8.06. The molecule has 0 saturated carbocycles. The van der Waals surface area contributed by atoms with Crippen molar-refractivity contribution in [1.82, 2.24) is 9.79 Å². The van der Waals surface area contributed by atoms with Gasteiger partial charge in [0.25, 0.3) is 5.91 Å². The molecule has 2 saturated heterocycles. The fourth-order valence-corrected chi connectivity index (χ4v) is 6.20. The summed E-state index contributed by atoms with van der Waals surface area (Å²) in [5.41, 5.74) is 0.0732. The van der Waals surface area contributed by atoms with Crippen LogP contribution in [0.25, 0.3) is 0 Å². The highest BCUT2D eigenvalue weighted by Crippen LogP contribution is 2.36. The number of hydrogen-bond donors (Lipinski definition) is 3. The second kappa shape index (κ2) is 8.34. The van der Waals surface area contributed by atoms with Gasteiger partial charge < -0.3 is 14.6 Å². The molecule has 1 aromatic carbocycles. The maximum atomic E-state index is 13.2. The first-order valence-corrected chi connectivity index (χ1v) is 10.7. The molecule has 2 fully saturated rings. The van der Waals surface area contributed by atoms with E-state index in [1.165, 1.54) is 9.79 Å². The average molecular weight is 414 g/mol. The minimum atomic E-state index is -3.97. The van der Waals surface area contributed by atoms with Gasteiger partial charge in [-0.2, -0.15) is 0 Å². The number of para-hydroxylation sites is 1. The van der Waals surface area contributed by atoms with Crippen molar-refractivity contribution in [3.05, 3.63) is 29.8 Å². The third kappa shape index (κ3) is 3.74. The number of sulfonamides is 1. The maximum Gasteiger partial charge on any atom is 0.279 e. The Kier molecular flexibility index (Phi) is 6.25. The summed E-state index contributed by atoms with van der Waals surface area (Å²) < 4.78 is 38.2. The lowest BCUT2D eigenvalue weighted by Gasteiger charge is -2.41. The number of nitrogens with one attached hydrogen (secondary N) is 1. The number of rotatable bonds is 5. The lowest BCUT2D eigenvalue weighted by molar-refractivity contribution is -0.161. The van der Waals surface area contributed by atoms with Crippen LogP contribution in [-0.4, -0.2) is 73.2 Å². The van der Waals surface area contributed by atoms with Crippen molar-refractivity contribution in [2.45, 2.75) is 36.0 Å². The lowest BCUT2D eigenvalue weighted by atomic mass is 9.89. The molecule has 0 spiro atoms. The van der Waals surface area contributed by atoms with Gasteiger partial charge in [-0.25, -0.2) is 18.2 Å². The molecule has 2 unspecified atom stereocenters. The predicted molar refractivity (Wildman–Crippen MR) is 99.6 cm³/mol. The number of aliphatic hydroxyl groups is 1. The Balaban J connectivity index is 1.76. The van der Waals surface area contributed by atoms with E-state index in [9.17, 15) is 18.3 Å². The summed E-state index contributed by atoms with van der Waals surface area (Å²) in [5, 5.41) is 18.2. The first-order chi connectivity index (χ1) is 13.3. The summed E-state index contributed by atoms with van der Waals surface area (Å²) >= 11 is 0. The molecule has 2 aliphatic rings. The van der Waals surface area contributed by atoms with Gasteiger partial charge in [-0.1, -0.05) is 18.2 Å². The number of ether oxygens (including phenoxy) is 2. The molecule has 156 valence electrons. The standard InChI is InChI=1S/C18H26N2O7S/c1-26-15-5-3-2-4-14(15)13-6-9-20(10-7-13)28(24,25)16-8-11-27-12-18(16,22)17(21)19-23/h2-5,13,16,22-23H,6-12H2,1H3,(H,19,21). The topological polar surface area (TPSA) is 125 Å². The van der Waals surface area contributed by atoms with Crippen LogP contribution in [0.15, 0.2) is 24.3 Å². The lowest BCUT2D eigenvalue weighted by Crippen LogP contribution is -2.64. The Bertz CT molecular complexity index is 808. The molecular weight excluding hydrogens is 388 g/mol. The number of carbonyl (C=O) groups is 1. The van der Waals surface area contributed by atoms with Crippen molar-refractivity contribution in [3.8, 4) is 5.75 Å². The number of carbonyl (C=O) groups excluding carboxylic acids is 1. The van der Waals surface area contributed by atoms with Gasteiger partial charge in [0, 0.05) is 19.7 Å². The quantitative estimate of drug-likeness (QED) is 0.465. The summed E-state index contributed by atoms with van der Waals surface area (Å²) in [4.78, 5) is 11.9. The minimum absolute atomic E-state index is 0.0291. The van der Waals surface area contributed by atoms with Gasteiger partial charge in [-0.3, -0.25) is 10.0 Å². The van der Waals surface area contributed by atoms with E-state index in [0.717, 1.165) is 11.3 Å². The van der Waals surface area contributed by atoms with E-state index in [4.69, 9.17) is 14.7 Å². The molecule has 28 heavy (non-hydrogen) atoms. The first kappa shape index (κ1) is 21.0. The van der Waals surface area contributed by atoms with Crippen LogP contribution < -0.4 is 10.2 Å². The summed E-state index contributed by atoms with van der Waals surface area (Å²) in [6.45, 7) is 0.183. The van der Waals surface area contributed by atoms with Gasteiger partial charge in [0.15, 0.2) is 5.60 Å². The second-order valence-electron chi connectivity index (χ2n) is 7.16. The Morgan fingerprint density at radius 1 is 1.29 bits per heavy atom. The smallest absolute Gasteiger partial charge is 0.279 e. The average Bonchev–Trinajstić information content (AvgIpc) is 2.73. The number of amides is 1. The molecule has 0 bridgehead atoms. The highest BCUT2D eigenvalue weighted by Gasteiger charge is 2.54. The molecule has 3 rings (SSSR count). The van der Waals surface area contributed by atoms with E-state index in [1.807, 2.05) is 24.3 Å². The summed E-state index contributed by atoms with van der Waals surface area (Å²) in [5.74, 6) is -0.233. The monoisotopic (exact) mass is 414 g/mol. The van der Waals surface area contributed by atoms with Gasteiger partial charge in [-0.15, -0.1) is 0 Å². The summed E-state index contributed by atoms with van der Waals surface area (Å²) in [6.07, 6.45) is 1.18. The molecule has 0 aromatic heterocycles. The van der Waals surface area contributed by atoms with Crippen molar-refractivity contribution in [3.63, 3.8) is 0 Å². The van der Waals surface area contributed by atoms with E-state index < -0.39 is 33.4 Å². The maximum absolute atomic E-state index is 13.2. The van der Waals surface area contributed by atoms with Gasteiger partial charge >= 0.3 is 0 Å². The van der Waals surface area contributed by atoms with Crippen molar-refractivity contribution in [2.24, 2.45) is 0 Å². The van der Waals surface area contributed by atoms with Crippen LogP contribution in [0.3, 0.4) is 0 Å². The zero-order chi connectivity index (χ0) is 20.4. The first-order valence-electron chi connectivity index (χ1n) is 9.21. The molecule has 2 heterocycles. The number of hydroxylamine groups is 1. The molecule has 0 aliphatic carbocycles. The molecule has 3 N–H and O–H groups in total. The fourth-order valence-electron chi connectivity index (χ4n) is 4.06. The Morgan fingerprint density at radius 3 is 2.61 bits per heavy atom. The highest BCUT2D eigenvalue weighted by atomic mass is 32.2. The van der Waals surface area contributed by atoms with Crippen molar-refractivity contribution >= 4 is 15.9 Å². The van der Waals surface area contributed by atoms with Crippen LogP contribution in [0.5, 0.6) is 5.75 Å². The number of hydrogen-bond acceptors (Lipinski definition) is 7. The molecule has 9 nitrogen and oxygen atoms in total. The zero-order valence-corrected chi connectivity index (χ0v) is 16.5. The van der Waals surface area contributed by atoms with Crippen LogP contribution in [0.2, 0.25) is 0 Å². The van der Waals surface area contributed by atoms with Gasteiger partial charge in [0.05, 0.1) is 13.7 Å². The summed E-state index contributed by atoms with van der Waals surface area (Å²) in [7, 11) is -2.36. The normalized spacial score (nSPS) is 27.3. The van der Waals surface area contributed by atoms with Crippen molar-refractivity contribution in [1.29, 1.82) is 0 Å². The molecule has 10 heteroatoms. The molecule has 2 aliphatic heterocycles. The van der Waals surface area contributed by atoms with E-state index in [-0.39, 0.29) is 32.0 Å². The minimum Gasteiger partial charge on any atom is -0.496 e. The largest absolute Gasteiger partial charge is 0.496 e. The number of methoxy groups -OCH3 is 1. The van der Waals surface area contributed by atoms with Crippen molar-refractivity contribution in [2.75, 3.05) is 33.4 Å². The molecule has 1 aromatic rings. The fraction of sp³-hybridized carbons (Fsp3) is 0.611. The van der Waals surface area contributed by atoms with Crippen LogP contribution >= 0.6 is 0 Å². The number of piperidine rings is 1. The van der Waals surface area contributed by atoms with Gasteiger partial charge in [0.1, 0.15) is 11.0 Å². The van der Waals surface area contributed by atoms with E-state index in [2.05, 4.69) is 0 Å². The SMILES string of the molecule is COc1ccccc1C1CCN(S(=O)(=O)C2CCOCC2(O)C(=O)NO)CC1. The molecule has 1 amide bonds. The van der Waals surface area contributed by atoms with Crippen LogP contribution in [0, 0.1) is 0 Å². The van der Waals surface area contributed by atoms with E-state index in [1.54, 1.807) is 7.11 Å². The summed E-state index contributed by atoms with van der Waals surface area (Å²) in [6, 6.07) is 7.68. The number of benzene rings is 1. The van der Waals surface area contributed by atoms with Gasteiger partial charge in [0.2, 0.25) is 10.0 Å². The van der Waals surface area contributed by atoms with Gasteiger partial charge in [-0.05, 0) is 36.8 Å². The highest BCUT2D eigenvalue weighted by molar-refractivity contribution is 7.89. The van der Waals surface area contributed by atoms with E-state index in [0.29, 0.717) is 12.8 Å². The predicted octanol–water partition coefficient (Wildman–Crippen LogP) is 0.230. The molecule has 0 radical (unpaired) electrons. The van der Waals surface area contributed by atoms with E-state index >= 15 is 0 Å². The molecular formula is C18H26N2O7S. The van der Waals surface area contributed by atoms with Crippen LogP contribution in [0.1, 0.15) is 30.7 Å². The Hall–Kier alpha value is -1.72. The zero-order valence-electron chi connectivity index (χ0n) is 15.7. The Labute approximate surface area is 164 Å². The third-order valence-electron chi connectivity index (χ3n) is 5.63. The molecule has 2 atom stereocenters. The van der Waals surface area contributed by atoms with Crippen LogP contribution in [0.4, 0.5) is 0 Å². The van der Waals surface area contributed by atoms with Crippen molar-refractivity contribution < 1.29 is 33.0 Å². The van der Waals surface area contributed by atoms with Crippen LogP contribution in [-0.2, 0) is 19.6 Å². The second-order valence-corrected chi connectivity index (χ2v) is 9.27.